The third-order valence-corrected chi connectivity index (χ3v) is 3.39. The van der Waals surface area contributed by atoms with Crippen LogP contribution in [0.25, 0.3) is 0 Å². The lowest BCUT2D eigenvalue weighted by molar-refractivity contribution is -0.120. The quantitative estimate of drug-likeness (QED) is 0.672. The topological polar surface area (TPSA) is 76.5 Å². The summed E-state index contributed by atoms with van der Waals surface area (Å²) in [5.74, 6) is -0.291. The van der Waals surface area contributed by atoms with Crippen LogP contribution in [0.2, 0.25) is 0 Å². The zero-order valence-electron chi connectivity index (χ0n) is 9.49. The first-order valence-corrected chi connectivity index (χ1v) is 6.77. The van der Waals surface area contributed by atoms with E-state index in [0.29, 0.717) is 10.8 Å². The monoisotopic (exact) mass is 282 g/mol. The summed E-state index contributed by atoms with van der Waals surface area (Å²) in [5, 5.41) is 11.4. The molecular weight excluding hydrogens is 272 g/mol. The van der Waals surface area contributed by atoms with E-state index in [9.17, 15) is 4.79 Å². The normalized spacial score (nSPS) is 11.3. The molecule has 8 heteroatoms. The Bertz CT molecular complexity index is 522. The molecule has 2 rings (SSSR count). The van der Waals surface area contributed by atoms with Gasteiger partial charge in [0.05, 0.1) is 0 Å². The van der Waals surface area contributed by atoms with Gasteiger partial charge >= 0.3 is 0 Å². The van der Waals surface area contributed by atoms with E-state index in [1.54, 1.807) is 24.7 Å². The fourth-order valence-corrected chi connectivity index (χ4v) is 2.19. The van der Waals surface area contributed by atoms with Crippen LogP contribution < -0.4 is 5.32 Å². The molecule has 18 heavy (non-hydrogen) atoms. The van der Waals surface area contributed by atoms with Crippen LogP contribution in [0.3, 0.4) is 0 Å². The molecule has 0 unspecified atom stereocenters. The number of nitrogens with one attached hydrogen (secondary N) is 1. The lowest BCUT2D eigenvalue weighted by Gasteiger charge is -2.00. The summed E-state index contributed by atoms with van der Waals surface area (Å²) in [6.45, 7) is 1.62. The Morgan fingerprint density at radius 3 is 2.83 bits per heavy atom. The van der Waals surface area contributed by atoms with E-state index < -0.39 is 0 Å². The van der Waals surface area contributed by atoms with E-state index in [-0.39, 0.29) is 12.5 Å². The minimum absolute atomic E-state index is 0.151. The summed E-state index contributed by atoms with van der Waals surface area (Å²) >= 11 is 2.81. The van der Waals surface area contributed by atoms with Gasteiger partial charge in [-0.25, -0.2) is 9.97 Å². The van der Waals surface area contributed by atoms with Crippen molar-refractivity contribution in [2.24, 2.45) is 5.16 Å². The number of amides is 1. The Kier molecular flexibility index (Phi) is 4.37. The van der Waals surface area contributed by atoms with Gasteiger partial charge in [0.1, 0.15) is 10.7 Å². The Balaban J connectivity index is 1.78. The van der Waals surface area contributed by atoms with Gasteiger partial charge in [0.2, 0.25) is 0 Å². The van der Waals surface area contributed by atoms with Crippen molar-refractivity contribution in [2.45, 2.75) is 6.92 Å². The van der Waals surface area contributed by atoms with Gasteiger partial charge in [0.15, 0.2) is 11.7 Å². The van der Waals surface area contributed by atoms with Crippen molar-refractivity contribution in [3.8, 4) is 0 Å². The van der Waals surface area contributed by atoms with Crippen LogP contribution in [0.1, 0.15) is 11.9 Å². The average molecular weight is 282 g/mol. The van der Waals surface area contributed by atoms with E-state index >= 15 is 0 Å². The zero-order chi connectivity index (χ0) is 12.8. The Labute approximate surface area is 111 Å². The van der Waals surface area contributed by atoms with Gasteiger partial charge in [-0.05, 0) is 6.92 Å². The minimum Gasteiger partial charge on any atom is -0.385 e. The van der Waals surface area contributed by atoms with Crippen LogP contribution in [0.5, 0.6) is 0 Å². The van der Waals surface area contributed by atoms with Gasteiger partial charge in [-0.2, -0.15) is 0 Å². The van der Waals surface area contributed by atoms with Crippen molar-refractivity contribution in [1.82, 2.24) is 9.97 Å². The number of thiazole rings is 2. The molecule has 2 aromatic heterocycles. The Hall–Kier alpha value is -1.80. The first kappa shape index (κ1) is 12.7. The maximum atomic E-state index is 11.4. The summed E-state index contributed by atoms with van der Waals surface area (Å²) in [6.07, 6.45) is 3.31. The molecule has 94 valence electrons. The molecule has 2 aromatic rings. The lowest BCUT2D eigenvalue weighted by atomic mass is 10.5. The molecule has 0 atom stereocenters. The fraction of sp³-hybridized carbons (Fsp3) is 0.200. The lowest BCUT2D eigenvalue weighted by Crippen LogP contribution is -2.17. The van der Waals surface area contributed by atoms with E-state index in [0.717, 1.165) is 5.01 Å². The zero-order valence-corrected chi connectivity index (χ0v) is 11.1. The molecule has 1 N–H and O–H groups in total. The summed E-state index contributed by atoms with van der Waals surface area (Å²) in [6, 6.07) is 0. The smallest absolute Gasteiger partial charge is 0.266 e. The predicted octanol–water partition coefficient (Wildman–Crippen LogP) is 1.98. The minimum atomic E-state index is -0.291. The molecule has 6 nitrogen and oxygen atoms in total. The van der Waals surface area contributed by atoms with Gasteiger partial charge < -0.3 is 4.84 Å². The number of rotatable bonds is 5. The molecule has 0 saturated carbocycles. The second-order valence-electron chi connectivity index (χ2n) is 3.17. The van der Waals surface area contributed by atoms with E-state index in [1.807, 2.05) is 5.38 Å². The van der Waals surface area contributed by atoms with Gasteiger partial charge in [0, 0.05) is 23.2 Å². The third-order valence-electron chi connectivity index (χ3n) is 1.82. The second kappa shape index (κ2) is 6.22. The highest BCUT2D eigenvalue weighted by Gasteiger charge is 2.05. The van der Waals surface area contributed by atoms with Crippen molar-refractivity contribution < 1.29 is 9.63 Å². The highest BCUT2D eigenvalue weighted by molar-refractivity contribution is 7.13. The summed E-state index contributed by atoms with van der Waals surface area (Å²) in [5.41, 5.74) is 0.645. The molecule has 0 radical (unpaired) electrons. The summed E-state index contributed by atoms with van der Waals surface area (Å²) < 4.78 is 0. The Morgan fingerprint density at radius 2 is 2.17 bits per heavy atom. The fourth-order valence-electron chi connectivity index (χ4n) is 1.07. The highest BCUT2D eigenvalue weighted by atomic mass is 32.1. The van der Waals surface area contributed by atoms with Gasteiger partial charge in [0.25, 0.3) is 5.91 Å². The van der Waals surface area contributed by atoms with Gasteiger partial charge in [-0.1, -0.05) is 5.16 Å². The maximum Gasteiger partial charge on any atom is 0.266 e. The second-order valence-corrected chi connectivity index (χ2v) is 4.96. The van der Waals surface area contributed by atoms with Crippen LogP contribution >= 0.6 is 22.7 Å². The van der Waals surface area contributed by atoms with Crippen molar-refractivity contribution >= 4 is 39.4 Å². The number of nitrogens with zero attached hydrogens (tertiary/aromatic N) is 3. The van der Waals surface area contributed by atoms with Crippen molar-refractivity contribution in [1.29, 1.82) is 0 Å². The molecule has 0 saturated heterocycles. The van der Waals surface area contributed by atoms with Crippen LogP contribution in [0, 0.1) is 0 Å². The highest BCUT2D eigenvalue weighted by Crippen LogP contribution is 2.10. The van der Waals surface area contributed by atoms with Crippen LogP contribution in [-0.2, 0) is 9.63 Å². The molecule has 0 aliphatic rings. The number of oxime groups is 1. The third kappa shape index (κ3) is 3.60. The number of aromatic nitrogens is 2. The molecule has 1 amide bonds. The Morgan fingerprint density at radius 1 is 1.39 bits per heavy atom. The summed E-state index contributed by atoms with van der Waals surface area (Å²) in [7, 11) is 0. The van der Waals surface area contributed by atoms with Crippen LogP contribution in [-0.4, -0.2) is 28.2 Å². The first-order valence-electron chi connectivity index (χ1n) is 5.01. The van der Waals surface area contributed by atoms with Crippen molar-refractivity contribution in [3.63, 3.8) is 0 Å². The number of carbonyl (C=O) groups excluding carboxylic acids is 1. The van der Waals surface area contributed by atoms with Gasteiger partial charge in [-0.15, -0.1) is 22.7 Å². The largest absolute Gasteiger partial charge is 0.385 e. The molecular formula is C10H10N4O2S2. The molecule has 0 fully saturated rings. The van der Waals surface area contributed by atoms with Crippen LogP contribution in [0.4, 0.5) is 5.13 Å². The van der Waals surface area contributed by atoms with E-state index in [2.05, 4.69) is 20.4 Å². The van der Waals surface area contributed by atoms with Gasteiger partial charge in [-0.3, -0.25) is 10.1 Å². The molecule has 0 bridgehead atoms. The standard InChI is InChI=1S/C10H10N4O2S2/c1-7(9-11-2-4-17-9)14-16-6-8(15)13-10-12-3-5-18-10/h2-5H,6H2,1H3,(H,12,13,15)/b14-7+. The summed E-state index contributed by atoms with van der Waals surface area (Å²) in [4.78, 5) is 24.4. The molecule has 2 heterocycles. The number of anilines is 1. The number of carbonyl (C=O) groups is 1. The molecule has 0 aromatic carbocycles. The van der Waals surface area contributed by atoms with Crippen molar-refractivity contribution in [2.75, 3.05) is 11.9 Å². The van der Waals surface area contributed by atoms with Crippen molar-refractivity contribution in [3.05, 3.63) is 28.2 Å². The molecule has 0 aliphatic heterocycles. The first-order chi connectivity index (χ1) is 8.75. The maximum absolute atomic E-state index is 11.4. The van der Waals surface area contributed by atoms with Crippen LogP contribution in [0.15, 0.2) is 28.3 Å². The molecule has 0 spiro atoms. The number of hydrogen-bond donors (Lipinski definition) is 1. The molecule has 0 aliphatic carbocycles. The predicted molar refractivity (Wildman–Crippen MR) is 71.0 cm³/mol. The SMILES string of the molecule is C/C(=N\OCC(=O)Nc1nccs1)c1nccs1. The average Bonchev–Trinajstić information content (AvgIpc) is 3.00. The number of hydrogen-bond acceptors (Lipinski definition) is 7. The van der Waals surface area contributed by atoms with E-state index in [4.69, 9.17) is 4.84 Å². The van der Waals surface area contributed by atoms with E-state index in [1.165, 1.54) is 22.7 Å².